The van der Waals surface area contributed by atoms with Gasteiger partial charge in [-0.2, -0.15) is 0 Å². The predicted octanol–water partition coefficient (Wildman–Crippen LogP) is 2.66. The second-order valence-corrected chi connectivity index (χ2v) is 6.17. The molecule has 0 aliphatic heterocycles. The van der Waals surface area contributed by atoms with Crippen molar-refractivity contribution in [2.45, 2.75) is 25.4 Å². The van der Waals surface area contributed by atoms with Gasteiger partial charge >= 0.3 is 0 Å². The van der Waals surface area contributed by atoms with Crippen LogP contribution in [0.5, 0.6) is 5.75 Å². The van der Waals surface area contributed by atoms with Gasteiger partial charge in [0.2, 0.25) is 0 Å². The maximum absolute atomic E-state index is 5.36. The summed E-state index contributed by atoms with van der Waals surface area (Å²) in [6.07, 6.45) is 5.82. The van der Waals surface area contributed by atoms with E-state index in [1.165, 1.54) is 12.8 Å². The Kier molecular flexibility index (Phi) is 3.09. The molecule has 0 saturated heterocycles. The summed E-state index contributed by atoms with van der Waals surface area (Å²) in [7, 11) is 1.65. The number of aromatic amines is 1. The molecule has 2 N–H and O–H groups in total. The molecule has 1 aromatic carbocycles. The Morgan fingerprint density at radius 2 is 2.16 bits per heavy atom. The number of hydrogen-bond acceptors (Lipinski definition) is 6. The van der Waals surface area contributed by atoms with E-state index in [-0.39, 0.29) is 0 Å². The molecule has 3 aromatic heterocycles. The molecule has 0 radical (unpaired) electrons. The zero-order chi connectivity index (χ0) is 16.8. The van der Waals surface area contributed by atoms with Gasteiger partial charge in [0.1, 0.15) is 28.9 Å². The number of nitrogens with zero attached hydrogens (tertiary/aromatic N) is 5. The minimum absolute atomic E-state index is 0.514. The van der Waals surface area contributed by atoms with E-state index in [9.17, 15) is 0 Å². The molecule has 5 rings (SSSR count). The average Bonchev–Trinajstić information content (AvgIpc) is 3.24. The number of imidazole rings is 2. The van der Waals surface area contributed by atoms with Crippen LogP contribution in [0.15, 0.2) is 30.9 Å². The van der Waals surface area contributed by atoms with Gasteiger partial charge in [-0.15, -0.1) is 0 Å². The molecule has 8 nitrogen and oxygen atoms in total. The molecule has 3 heterocycles. The van der Waals surface area contributed by atoms with Crippen LogP contribution in [-0.4, -0.2) is 36.6 Å². The minimum Gasteiger partial charge on any atom is -0.494 e. The van der Waals surface area contributed by atoms with E-state index in [0.29, 0.717) is 12.6 Å². The van der Waals surface area contributed by atoms with E-state index in [2.05, 4.69) is 34.8 Å². The first-order chi connectivity index (χ1) is 12.3. The van der Waals surface area contributed by atoms with Crippen LogP contribution in [0.3, 0.4) is 0 Å². The molecular weight excluding hydrogens is 318 g/mol. The Morgan fingerprint density at radius 3 is 3.00 bits per heavy atom. The van der Waals surface area contributed by atoms with Gasteiger partial charge in [-0.1, -0.05) is 6.07 Å². The molecule has 0 bridgehead atoms. The first-order valence-corrected chi connectivity index (χ1v) is 8.26. The summed E-state index contributed by atoms with van der Waals surface area (Å²) in [6.45, 7) is 0.514. The normalized spacial score (nSPS) is 14.3. The number of aromatic nitrogens is 6. The number of H-pyrrole nitrogens is 1. The number of hydrogen-bond donors (Lipinski definition) is 2. The van der Waals surface area contributed by atoms with Crippen LogP contribution < -0.4 is 10.1 Å². The highest BCUT2D eigenvalue weighted by atomic mass is 16.5. The summed E-state index contributed by atoms with van der Waals surface area (Å²) in [4.78, 5) is 21.1. The van der Waals surface area contributed by atoms with Crippen molar-refractivity contribution in [3.63, 3.8) is 0 Å². The van der Waals surface area contributed by atoms with E-state index < -0.39 is 0 Å². The molecule has 0 amide bonds. The van der Waals surface area contributed by atoms with Crippen LogP contribution in [0.1, 0.15) is 24.7 Å². The van der Waals surface area contributed by atoms with E-state index in [4.69, 9.17) is 4.74 Å². The molecule has 1 saturated carbocycles. The highest BCUT2D eigenvalue weighted by Gasteiger charge is 2.26. The van der Waals surface area contributed by atoms with Crippen molar-refractivity contribution in [3.05, 3.63) is 36.7 Å². The smallest absolute Gasteiger partial charge is 0.165 e. The Morgan fingerprint density at radius 1 is 1.24 bits per heavy atom. The number of benzene rings is 1. The largest absolute Gasteiger partial charge is 0.494 e. The SMILES string of the molecule is COc1cccc2[nH]c(CNc3ncnc4c3ncn4C3CC3)nc12. The van der Waals surface area contributed by atoms with Crippen LogP contribution in [0.4, 0.5) is 5.82 Å². The molecule has 126 valence electrons. The summed E-state index contributed by atoms with van der Waals surface area (Å²) in [5.41, 5.74) is 3.45. The van der Waals surface area contributed by atoms with Gasteiger partial charge in [0.15, 0.2) is 11.5 Å². The number of methoxy groups -OCH3 is 1. The number of fused-ring (bicyclic) bond motifs is 2. The maximum atomic E-state index is 5.36. The maximum Gasteiger partial charge on any atom is 0.165 e. The number of nitrogens with one attached hydrogen (secondary N) is 2. The predicted molar refractivity (Wildman–Crippen MR) is 93.6 cm³/mol. The van der Waals surface area contributed by atoms with Crippen molar-refractivity contribution in [1.29, 1.82) is 0 Å². The van der Waals surface area contributed by atoms with Gasteiger partial charge in [0.05, 0.1) is 25.5 Å². The van der Waals surface area contributed by atoms with Gasteiger partial charge in [-0.3, -0.25) is 0 Å². The van der Waals surface area contributed by atoms with Crippen LogP contribution in [0, 0.1) is 0 Å². The third-order valence-electron chi connectivity index (χ3n) is 4.47. The Labute approximate surface area is 143 Å². The van der Waals surface area contributed by atoms with Crippen molar-refractivity contribution in [2.75, 3.05) is 12.4 Å². The fourth-order valence-corrected chi connectivity index (χ4v) is 3.07. The Balaban J connectivity index is 1.44. The number of para-hydroxylation sites is 1. The molecule has 0 atom stereocenters. The van der Waals surface area contributed by atoms with E-state index in [0.717, 1.165) is 39.6 Å². The third kappa shape index (κ3) is 2.37. The molecular formula is C17H17N7O. The van der Waals surface area contributed by atoms with Crippen molar-refractivity contribution in [3.8, 4) is 5.75 Å². The fourth-order valence-electron chi connectivity index (χ4n) is 3.07. The average molecular weight is 335 g/mol. The summed E-state index contributed by atoms with van der Waals surface area (Å²) >= 11 is 0. The molecule has 25 heavy (non-hydrogen) atoms. The molecule has 1 fully saturated rings. The third-order valence-corrected chi connectivity index (χ3v) is 4.47. The summed E-state index contributed by atoms with van der Waals surface area (Å²) < 4.78 is 7.49. The molecule has 1 aliphatic rings. The van der Waals surface area contributed by atoms with Crippen molar-refractivity contribution >= 4 is 28.0 Å². The molecule has 8 heteroatoms. The first kappa shape index (κ1) is 14.2. The van der Waals surface area contributed by atoms with Gasteiger partial charge in [0.25, 0.3) is 0 Å². The molecule has 1 aliphatic carbocycles. The number of rotatable bonds is 5. The van der Waals surface area contributed by atoms with E-state index in [1.807, 2.05) is 24.5 Å². The Bertz CT molecular complexity index is 1060. The number of ether oxygens (including phenoxy) is 1. The van der Waals surface area contributed by atoms with E-state index in [1.54, 1.807) is 13.4 Å². The molecule has 0 unspecified atom stereocenters. The van der Waals surface area contributed by atoms with Gasteiger partial charge < -0.3 is 19.6 Å². The molecule has 4 aromatic rings. The summed E-state index contributed by atoms with van der Waals surface area (Å²) in [6, 6.07) is 6.36. The summed E-state index contributed by atoms with van der Waals surface area (Å²) in [5, 5.41) is 3.31. The first-order valence-electron chi connectivity index (χ1n) is 8.26. The zero-order valence-corrected chi connectivity index (χ0v) is 13.7. The number of anilines is 1. The second-order valence-electron chi connectivity index (χ2n) is 6.17. The lowest BCUT2D eigenvalue weighted by molar-refractivity contribution is 0.419. The van der Waals surface area contributed by atoms with E-state index >= 15 is 0 Å². The van der Waals surface area contributed by atoms with Crippen molar-refractivity contribution in [2.24, 2.45) is 0 Å². The van der Waals surface area contributed by atoms with Gasteiger partial charge in [-0.05, 0) is 25.0 Å². The topological polar surface area (TPSA) is 93.5 Å². The highest BCUT2D eigenvalue weighted by Crippen LogP contribution is 2.37. The van der Waals surface area contributed by atoms with Crippen LogP contribution >= 0.6 is 0 Å². The van der Waals surface area contributed by atoms with Crippen LogP contribution in [0.2, 0.25) is 0 Å². The highest BCUT2D eigenvalue weighted by molar-refractivity contribution is 5.83. The lowest BCUT2D eigenvalue weighted by atomic mass is 10.3. The standard InChI is InChI=1S/C17H17N7O/c1-25-12-4-2-3-11-14(12)23-13(22-11)7-18-16-15-17(20-8-19-16)24(9-21-15)10-5-6-10/h2-4,8-10H,5-7H2,1H3,(H,22,23)(H,18,19,20). The minimum atomic E-state index is 0.514. The quantitative estimate of drug-likeness (QED) is 0.582. The van der Waals surface area contributed by atoms with Crippen molar-refractivity contribution < 1.29 is 4.74 Å². The van der Waals surface area contributed by atoms with Crippen LogP contribution in [0.25, 0.3) is 22.2 Å². The zero-order valence-electron chi connectivity index (χ0n) is 13.7. The van der Waals surface area contributed by atoms with Crippen molar-refractivity contribution in [1.82, 2.24) is 29.5 Å². The van der Waals surface area contributed by atoms with Crippen LogP contribution in [-0.2, 0) is 6.54 Å². The van der Waals surface area contributed by atoms with Gasteiger partial charge in [-0.25, -0.2) is 19.9 Å². The lowest BCUT2D eigenvalue weighted by Gasteiger charge is -2.04. The lowest BCUT2D eigenvalue weighted by Crippen LogP contribution is -2.04. The summed E-state index contributed by atoms with van der Waals surface area (Å²) in [5.74, 6) is 2.29. The second kappa shape index (κ2) is 5.44. The molecule has 0 spiro atoms. The van der Waals surface area contributed by atoms with Gasteiger partial charge in [0, 0.05) is 6.04 Å². The monoisotopic (exact) mass is 335 g/mol. The fraction of sp³-hybridized carbons (Fsp3) is 0.294. The Hall–Kier alpha value is -3.16.